The van der Waals surface area contributed by atoms with E-state index in [9.17, 15) is 10.1 Å². The molecule has 2 aliphatic rings. The van der Waals surface area contributed by atoms with Crippen LogP contribution >= 0.6 is 0 Å². The fraction of sp³-hybridized carbons (Fsp3) is 0.389. The number of nitrogens with zero attached hydrogens (tertiary/aromatic N) is 2. The lowest BCUT2D eigenvalue weighted by atomic mass is 9.84. The fourth-order valence-electron chi connectivity index (χ4n) is 5.31. The molecule has 6 heteroatoms. The second kappa shape index (κ2) is 12.7. The van der Waals surface area contributed by atoms with Gasteiger partial charge in [-0.15, -0.1) is 0 Å². The van der Waals surface area contributed by atoms with Crippen LogP contribution in [-0.4, -0.2) is 22.0 Å². The molecular weight excluding hydrogens is 524 g/mol. The summed E-state index contributed by atoms with van der Waals surface area (Å²) in [4.78, 5) is 14.2. The predicted octanol–water partition coefficient (Wildman–Crippen LogP) is 8.73. The number of benzene rings is 2. The van der Waals surface area contributed by atoms with Crippen LogP contribution in [0, 0.1) is 20.9 Å². The molecule has 2 aliphatic heterocycles. The van der Waals surface area contributed by atoms with Crippen molar-refractivity contribution in [3.63, 3.8) is 0 Å². The van der Waals surface area contributed by atoms with E-state index in [0.717, 1.165) is 21.0 Å². The van der Waals surface area contributed by atoms with Crippen molar-refractivity contribution in [3.8, 4) is 0 Å². The van der Waals surface area contributed by atoms with Crippen LogP contribution in [-0.2, 0) is 22.7 Å². The van der Waals surface area contributed by atoms with E-state index in [1.54, 1.807) is 0 Å². The zero-order valence-corrected chi connectivity index (χ0v) is 26.2. The molecule has 0 fully saturated rings. The van der Waals surface area contributed by atoms with Gasteiger partial charge >= 0.3 is 0 Å². The summed E-state index contributed by atoms with van der Waals surface area (Å²) >= 11 is 0. The molecule has 0 unspecified atom stereocenters. The summed E-state index contributed by atoms with van der Waals surface area (Å²) < 4.78 is 13.7. The van der Waals surface area contributed by atoms with Crippen LogP contribution in [0.2, 0.25) is 0 Å². The van der Waals surface area contributed by atoms with Gasteiger partial charge in [-0.25, -0.2) is 0 Å². The highest BCUT2D eigenvalue weighted by atomic mass is 16.5. The lowest BCUT2D eigenvalue weighted by Crippen LogP contribution is -2.40. The molecule has 2 atom stereocenters. The van der Waals surface area contributed by atoms with Crippen LogP contribution in [0.1, 0.15) is 66.5 Å². The molecular formula is C36H44N2O4. The van der Waals surface area contributed by atoms with E-state index >= 15 is 0 Å². The molecule has 0 aliphatic carbocycles. The smallest absolute Gasteiger partial charge is 0.289 e. The van der Waals surface area contributed by atoms with E-state index in [-0.39, 0.29) is 10.8 Å². The zero-order chi connectivity index (χ0) is 30.7. The van der Waals surface area contributed by atoms with E-state index in [2.05, 4.69) is 41.5 Å². The van der Waals surface area contributed by atoms with E-state index in [4.69, 9.17) is 9.47 Å². The Labute approximate surface area is 250 Å². The first-order valence-electron chi connectivity index (χ1n) is 14.6. The van der Waals surface area contributed by atoms with Crippen LogP contribution in [0.25, 0.3) is 0 Å². The Bertz CT molecular complexity index is 1430. The topological polar surface area (TPSA) is 64.8 Å². The van der Waals surface area contributed by atoms with Crippen LogP contribution in [0.5, 0.6) is 0 Å². The summed E-state index contributed by atoms with van der Waals surface area (Å²) in [5.41, 5.74) is 4.33. The second-order valence-electron chi connectivity index (χ2n) is 13.3. The van der Waals surface area contributed by atoms with Crippen molar-refractivity contribution in [2.45, 2.75) is 80.8 Å². The number of rotatable bonds is 8. The Balaban J connectivity index is 1.68. The third-order valence-corrected chi connectivity index (χ3v) is 7.48. The van der Waals surface area contributed by atoms with Gasteiger partial charge in [0, 0.05) is 22.3 Å². The Morgan fingerprint density at radius 1 is 0.714 bits per heavy atom. The molecule has 4 rings (SSSR count). The minimum absolute atomic E-state index is 0.329. The normalized spacial score (nSPS) is 19.5. The van der Waals surface area contributed by atoms with Gasteiger partial charge in [-0.2, -0.15) is 0 Å². The molecule has 0 aromatic heterocycles. The molecule has 222 valence electrons. The van der Waals surface area contributed by atoms with E-state index < -0.39 is 12.2 Å². The maximum Gasteiger partial charge on any atom is 0.289 e. The Morgan fingerprint density at radius 3 is 1.69 bits per heavy atom. The van der Waals surface area contributed by atoms with Gasteiger partial charge in [0.15, 0.2) is 6.10 Å². The number of hydrogen-bond donors (Lipinski definition) is 0. The molecule has 42 heavy (non-hydrogen) atoms. The van der Waals surface area contributed by atoms with Crippen molar-refractivity contribution >= 4 is 0 Å². The lowest BCUT2D eigenvalue weighted by molar-refractivity contribution is -0.459. The van der Waals surface area contributed by atoms with Gasteiger partial charge < -0.3 is 19.7 Å². The minimum atomic E-state index is -0.505. The minimum Gasteiger partial charge on any atom is -0.754 e. The Kier molecular flexibility index (Phi) is 9.51. The number of hydroxylamine groups is 2. The van der Waals surface area contributed by atoms with Crippen molar-refractivity contribution in [1.82, 2.24) is 5.06 Å². The molecule has 0 radical (unpaired) electrons. The SMILES string of the molecule is CC1=CC=C([C@H](OCc2ccccc2)C(C)(C)C)N([O-])C1=C1C(C)=CC=C([C@H](OCc2ccccc2)C(C)(C)C)[N+]1=O. The molecule has 6 nitrogen and oxygen atoms in total. The van der Waals surface area contributed by atoms with Gasteiger partial charge in [-0.05, 0) is 53.5 Å². The van der Waals surface area contributed by atoms with Crippen molar-refractivity contribution in [3.05, 3.63) is 140 Å². The van der Waals surface area contributed by atoms with Gasteiger partial charge in [0.25, 0.3) is 11.4 Å². The van der Waals surface area contributed by atoms with E-state index in [1.807, 2.05) is 98.8 Å². The van der Waals surface area contributed by atoms with Crippen LogP contribution < -0.4 is 0 Å². The standard InChI is InChI=1S/C36H44N2O4/c1-25-19-21-29(33(35(3,4)5)41-23-27-15-11-9-12-16-27)37(39)31(25)32-26(2)20-22-30(38(32)40)34(36(6,7)8)42-24-28-17-13-10-14-18-28/h9-22,33-34H,23-24H2,1-8H3/t33-,34-/m0/s1. The number of hydrogen-bond acceptors (Lipinski definition) is 5. The maximum absolute atomic E-state index is 14.2. The van der Waals surface area contributed by atoms with Gasteiger partial charge in [0.1, 0.15) is 11.8 Å². The highest BCUT2D eigenvalue weighted by Crippen LogP contribution is 2.40. The molecule has 0 bridgehead atoms. The third-order valence-electron chi connectivity index (χ3n) is 7.48. The van der Waals surface area contributed by atoms with Crippen molar-refractivity contribution in [2.75, 3.05) is 0 Å². The summed E-state index contributed by atoms with van der Waals surface area (Å²) in [6.45, 7) is 16.8. The molecule has 0 saturated heterocycles. The Morgan fingerprint density at radius 2 is 1.19 bits per heavy atom. The highest BCUT2D eigenvalue weighted by Gasteiger charge is 2.44. The van der Waals surface area contributed by atoms with Crippen molar-refractivity contribution in [2.24, 2.45) is 10.8 Å². The largest absolute Gasteiger partial charge is 0.754 e. The van der Waals surface area contributed by atoms with Gasteiger partial charge in [-0.1, -0.05) is 108 Å². The predicted molar refractivity (Wildman–Crippen MR) is 168 cm³/mol. The quantitative estimate of drug-likeness (QED) is 0.298. The van der Waals surface area contributed by atoms with Gasteiger partial charge in [-0.3, -0.25) is 0 Å². The Hall–Kier alpha value is -3.58. The van der Waals surface area contributed by atoms with Crippen LogP contribution in [0.15, 0.2) is 119 Å². The lowest BCUT2D eigenvalue weighted by Gasteiger charge is -2.44. The molecule has 0 spiro atoms. The fourth-order valence-corrected chi connectivity index (χ4v) is 5.31. The molecule has 2 heterocycles. The molecule has 0 saturated carbocycles. The summed E-state index contributed by atoms with van der Waals surface area (Å²) in [6, 6.07) is 19.8. The van der Waals surface area contributed by atoms with Gasteiger partial charge in [0.05, 0.1) is 18.0 Å². The molecule has 0 amide bonds. The van der Waals surface area contributed by atoms with Crippen LogP contribution in [0.3, 0.4) is 0 Å². The van der Waals surface area contributed by atoms with Crippen molar-refractivity contribution in [1.29, 1.82) is 0 Å². The van der Waals surface area contributed by atoms with Gasteiger partial charge in [0.2, 0.25) is 0 Å². The summed E-state index contributed by atoms with van der Waals surface area (Å²) in [6.07, 6.45) is 6.44. The zero-order valence-electron chi connectivity index (χ0n) is 26.2. The third kappa shape index (κ3) is 7.06. The average molecular weight is 569 g/mol. The van der Waals surface area contributed by atoms with E-state index in [0.29, 0.717) is 47.1 Å². The van der Waals surface area contributed by atoms with E-state index in [1.165, 1.54) is 0 Å². The summed E-state index contributed by atoms with van der Waals surface area (Å²) in [7, 11) is 0. The van der Waals surface area contributed by atoms with Crippen molar-refractivity contribution < 1.29 is 14.2 Å². The first-order valence-corrected chi connectivity index (χ1v) is 14.6. The number of ether oxygens (including phenoxy) is 2. The highest BCUT2D eigenvalue weighted by molar-refractivity contribution is 5.49. The molecule has 2 aromatic rings. The summed E-state index contributed by atoms with van der Waals surface area (Å²) in [5, 5.41) is 15.1. The molecule has 0 N–H and O–H groups in total. The number of nitroso groups, excluding NO2 is 1. The summed E-state index contributed by atoms with van der Waals surface area (Å²) in [5.74, 6) is 0. The average Bonchev–Trinajstić information content (AvgIpc) is 2.92. The second-order valence-corrected chi connectivity index (χ2v) is 13.3. The van der Waals surface area contributed by atoms with Crippen LogP contribution in [0.4, 0.5) is 0 Å². The first kappa shape index (κ1) is 31.4. The monoisotopic (exact) mass is 568 g/mol. The number of allylic oxidation sites excluding steroid dienone is 6. The maximum atomic E-state index is 14.2. The first-order chi connectivity index (χ1) is 19.8. The molecule has 2 aromatic carbocycles.